The van der Waals surface area contributed by atoms with Crippen molar-refractivity contribution in [2.24, 2.45) is 0 Å². The summed E-state index contributed by atoms with van der Waals surface area (Å²) in [5.74, 6) is 0.0198. The molecule has 1 rings (SSSR count). The molecule has 4 nitrogen and oxygen atoms in total. The Balaban J connectivity index is 2.23. The van der Waals surface area contributed by atoms with Crippen LogP contribution in [0.25, 0.3) is 0 Å². The number of benzene rings is 1. The van der Waals surface area contributed by atoms with Crippen molar-refractivity contribution in [1.29, 1.82) is 0 Å². The molecule has 0 heterocycles. The van der Waals surface area contributed by atoms with Crippen LogP contribution in [0.5, 0.6) is 0 Å². The van der Waals surface area contributed by atoms with Gasteiger partial charge in [-0.15, -0.1) is 0 Å². The Hall–Kier alpha value is -1.39. The van der Waals surface area contributed by atoms with Gasteiger partial charge in [-0.2, -0.15) is 0 Å². The molecule has 0 aliphatic carbocycles. The molecule has 1 atom stereocenters. The summed E-state index contributed by atoms with van der Waals surface area (Å²) >= 11 is 0. The first-order valence-corrected chi connectivity index (χ1v) is 6.69. The van der Waals surface area contributed by atoms with Gasteiger partial charge in [0.2, 0.25) is 5.91 Å². The smallest absolute Gasteiger partial charge is 0.220 e. The molecule has 0 saturated carbocycles. The Bertz CT molecular complexity index is 348. The molecule has 0 aliphatic heterocycles. The third-order valence-corrected chi connectivity index (χ3v) is 2.92. The summed E-state index contributed by atoms with van der Waals surface area (Å²) in [7, 11) is 1.59. The fourth-order valence-electron chi connectivity index (χ4n) is 1.95. The predicted octanol–water partition coefficient (Wildman–Crippen LogP) is 1.52. The minimum absolute atomic E-state index is 0.0198. The Morgan fingerprint density at radius 3 is 2.74 bits per heavy atom. The summed E-state index contributed by atoms with van der Waals surface area (Å²) in [4.78, 5) is 11.7. The molecule has 0 spiro atoms. The van der Waals surface area contributed by atoms with E-state index in [1.165, 1.54) is 5.56 Å². The van der Waals surface area contributed by atoms with E-state index in [1.807, 2.05) is 18.2 Å². The minimum atomic E-state index is -0.0979. The number of nitrogens with one attached hydrogen (secondary N) is 1. The monoisotopic (exact) mass is 265 g/mol. The van der Waals surface area contributed by atoms with Gasteiger partial charge < -0.3 is 15.2 Å². The standard InChI is InChI=1S/C15H23NO3/c1-19-12-14(10-11-17)16-15(18)9-5-8-13-6-3-2-4-7-13/h2-4,6-7,14,17H,5,8-12H2,1H3,(H,16,18)/t14-/m0/s1. The van der Waals surface area contributed by atoms with Crippen molar-refractivity contribution >= 4 is 5.91 Å². The molecule has 0 radical (unpaired) electrons. The lowest BCUT2D eigenvalue weighted by Crippen LogP contribution is -2.38. The van der Waals surface area contributed by atoms with Crippen molar-refractivity contribution < 1.29 is 14.6 Å². The molecule has 19 heavy (non-hydrogen) atoms. The Morgan fingerprint density at radius 2 is 2.11 bits per heavy atom. The van der Waals surface area contributed by atoms with Gasteiger partial charge in [-0.1, -0.05) is 30.3 Å². The highest BCUT2D eigenvalue weighted by Crippen LogP contribution is 2.04. The van der Waals surface area contributed by atoms with Crippen LogP contribution in [0.15, 0.2) is 30.3 Å². The summed E-state index contributed by atoms with van der Waals surface area (Å²) in [6.07, 6.45) is 2.76. The number of hydrogen-bond donors (Lipinski definition) is 2. The zero-order chi connectivity index (χ0) is 13.9. The van der Waals surface area contributed by atoms with E-state index in [9.17, 15) is 4.79 Å². The third kappa shape index (κ3) is 6.94. The van der Waals surface area contributed by atoms with E-state index >= 15 is 0 Å². The number of carbonyl (C=O) groups excluding carboxylic acids is 1. The van der Waals surface area contributed by atoms with E-state index in [-0.39, 0.29) is 18.6 Å². The topological polar surface area (TPSA) is 58.6 Å². The highest BCUT2D eigenvalue weighted by Gasteiger charge is 2.11. The first-order chi connectivity index (χ1) is 9.26. The number of aryl methyl sites for hydroxylation is 1. The van der Waals surface area contributed by atoms with Gasteiger partial charge >= 0.3 is 0 Å². The second-order valence-corrected chi connectivity index (χ2v) is 4.57. The zero-order valence-electron chi connectivity index (χ0n) is 11.5. The molecule has 2 N–H and O–H groups in total. The van der Waals surface area contributed by atoms with Gasteiger partial charge in [0, 0.05) is 20.1 Å². The number of rotatable bonds is 9. The van der Waals surface area contributed by atoms with Crippen molar-refractivity contribution in [3.8, 4) is 0 Å². The quantitative estimate of drug-likeness (QED) is 0.712. The maximum atomic E-state index is 11.7. The molecule has 0 aliphatic rings. The molecular formula is C15H23NO3. The fraction of sp³-hybridized carbons (Fsp3) is 0.533. The van der Waals surface area contributed by atoms with E-state index in [0.29, 0.717) is 19.4 Å². The number of aliphatic hydroxyl groups excluding tert-OH is 1. The predicted molar refractivity (Wildman–Crippen MR) is 74.9 cm³/mol. The van der Waals surface area contributed by atoms with E-state index < -0.39 is 0 Å². The van der Waals surface area contributed by atoms with Gasteiger partial charge in [-0.3, -0.25) is 4.79 Å². The number of methoxy groups -OCH3 is 1. The van der Waals surface area contributed by atoms with Crippen LogP contribution >= 0.6 is 0 Å². The van der Waals surface area contributed by atoms with Crippen LogP contribution < -0.4 is 5.32 Å². The first kappa shape index (κ1) is 15.7. The average Bonchev–Trinajstić information content (AvgIpc) is 2.40. The van der Waals surface area contributed by atoms with Gasteiger partial charge in [-0.05, 0) is 24.8 Å². The molecule has 0 aromatic heterocycles. The third-order valence-electron chi connectivity index (χ3n) is 2.92. The highest BCUT2D eigenvalue weighted by atomic mass is 16.5. The zero-order valence-corrected chi connectivity index (χ0v) is 11.5. The van der Waals surface area contributed by atoms with Crippen LogP contribution in [0.4, 0.5) is 0 Å². The minimum Gasteiger partial charge on any atom is -0.396 e. The van der Waals surface area contributed by atoms with Crippen LogP contribution in [0.1, 0.15) is 24.8 Å². The van der Waals surface area contributed by atoms with Crippen molar-refractivity contribution in [1.82, 2.24) is 5.32 Å². The summed E-state index contributed by atoms with van der Waals surface area (Å²) in [5, 5.41) is 11.8. The number of carbonyl (C=O) groups is 1. The normalized spacial score (nSPS) is 12.1. The number of ether oxygens (including phenoxy) is 1. The lowest BCUT2D eigenvalue weighted by Gasteiger charge is -2.16. The second kappa shape index (κ2) is 9.53. The van der Waals surface area contributed by atoms with E-state index in [0.717, 1.165) is 12.8 Å². The fourth-order valence-corrected chi connectivity index (χ4v) is 1.95. The lowest BCUT2D eigenvalue weighted by atomic mass is 10.1. The van der Waals surface area contributed by atoms with Gasteiger partial charge in [0.15, 0.2) is 0 Å². The maximum Gasteiger partial charge on any atom is 0.220 e. The molecule has 1 amide bonds. The summed E-state index contributed by atoms with van der Waals surface area (Å²) < 4.78 is 5.01. The van der Waals surface area contributed by atoms with E-state index in [4.69, 9.17) is 9.84 Å². The molecule has 1 aromatic rings. The summed E-state index contributed by atoms with van der Waals surface area (Å²) in [5.41, 5.74) is 1.25. The summed E-state index contributed by atoms with van der Waals surface area (Å²) in [6.45, 7) is 0.489. The molecule has 0 saturated heterocycles. The summed E-state index contributed by atoms with van der Waals surface area (Å²) in [6, 6.07) is 10.0. The van der Waals surface area contributed by atoms with Crippen LogP contribution in [-0.2, 0) is 16.0 Å². The molecule has 1 aromatic carbocycles. The van der Waals surface area contributed by atoms with Crippen LogP contribution in [0.2, 0.25) is 0 Å². The molecule has 0 fully saturated rings. The van der Waals surface area contributed by atoms with Crippen LogP contribution in [-0.4, -0.2) is 37.4 Å². The lowest BCUT2D eigenvalue weighted by molar-refractivity contribution is -0.122. The molecule has 0 bridgehead atoms. The van der Waals surface area contributed by atoms with E-state index in [2.05, 4.69) is 17.4 Å². The molecule has 0 unspecified atom stereocenters. The van der Waals surface area contributed by atoms with Crippen LogP contribution in [0, 0.1) is 0 Å². The highest BCUT2D eigenvalue weighted by molar-refractivity contribution is 5.76. The largest absolute Gasteiger partial charge is 0.396 e. The number of hydrogen-bond acceptors (Lipinski definition) is 3. The van der Waals surface area contributed by atoms with Gasteiger partial charge in [0.05, 0.1) is 12.6 Å². The van der Waals surface area contributed by atoms with Crippen molar-refractivity contribution in [2.45, 2.75) is 31.7 Å². The SMILES string of the molecule is COC[C@H](CCO)NC(=O)CCCc1ccccc1. The van der Waals surface area contributed by atoms with Crippen molar-refractivity contribution in [3.63, 3.8) is 0 Å². The Labute approximate surface area is 114 Å². The molecular weight excluding hydrogens is 242 g/mol. The molecule has 4 heteroatoms. The van der Waals surface area contributed by atoms with Gasteiger partial charge in [0.1, 0.15) is 0 Å². The van der Waals surface area contributed by atoms with Crippen molar-refractivity contribution in [2.75, 3.05) is 20.3 Å². The number of aliphatic hydroxyl groups is 1. The average molecular weight is 265 g/mol. The Morgan fingerprint density at radius 1 is 1.37 bits per heavy atom. The Kier molecular flexibility index (Phi) is 7.86. The number of amides is 1. The van der Waals surface area contributed by atoms with Gasteiger partial charge in [0.25, 0.3) is 0 Å². The van der Waals surface area contributed by atoms with Gasteiger partial charge in [-0.25, -0.2) is 0 Å². The van der Waals surface area contributed by atoms with Crippen molar-refractivity contribution in [3.05, 3.63) is 35.9 Å². The maximum absolute atomic E-state index is 11.7. The van der Waals surface area contributed by atoms with E-state index in [1.54, 1.807) is 7.11 Å². The molecule has 106 valence electrons. The van der Waals surface area contributed by atoms with Crippen LogP contribution in [0.3, 0.4) is 0 Å². The first-order valence-electron chi connectivity index (χ1n) is 6.69. The second-order valence-electron chi connectivity index (χ2n) is 4.57.